The van der Waals surface area contributed by atoms with Crippen LogP contribution in [0.5, 0.6) is 5.75 Å². The van der Waals surface area contributed by atoms with Gasteiger partial charge in [0.1, 0.15) is 5.75 Å². The molecular formula is C20H22N6O3S. The molecule has 0 bridgehead atoms. The summed E-state index contributed by atoms with van der Waals surface area (Å²) < 4.78 is 7.02. The van der Waals surface area contributed by atoms with Crippen molar-refractivity contribution in [2.24, 2.45) is 0 Å². The highest BCUT2D eigenvalue weighted by Gasteiger charge is 2.19. The monoisotopic (exact) mass is 426 g/mol. The van der Waals surface area contributed by atoms with Gasteiger partial charge in [0.2, 0.25) is 17.0 Å². The van der Waals surface area contributed by atoms with Gasteiger partial charge in [0, 0.05) is 18.3 Å². The third-order valence-corrected chi connectivity index (χ3v) is 4.99. The van der Waals surface area contributed by atoms with E-state index < -0.39 is 5.25 Å². The van der Waals surface area contributed by atoms with Gasteiger partial charge < -0.3 is 15.4 Å². The standard InChI is InChI=1S/C20H22N6O3S/c1-4-29-18-11-9-17(10-12-18)26-20(23-24-25-26)30-13(2)19(28)22-16-7-5-15(6-8-16)21-14(3)27/h5-13H,4H2,1-3H3,(H,21,27)(H,22,28). The number of amides is 2. The summed E-state index contributed by atoms with van der Waals surface area (Å²) in [6, 6.07) is 14.3. The second-order valence-corrected chi connectivity index (χ2v) is 7.62. The first-order chi connectivity index (χ1) is 14.5. The molecule has 2 aromatic carbocycles. The first-order valence-electron chi connectivity index (χ1n) is 9.33. The number of hydrogen-bond acceptors (Lipinski definition) is 7. The van der Waals surface area contributed by atoms with Gasteiger partial charge in [0.05, 0.1) is 17.5 Å². The van der Waals surface area contributed by atoms with E-state index in [9.17, 15) is 9.59 Å². The quantitative estimate of drug-likeness (QED) is 0.532. The number of hydrogen-bond donors (Lipinski definition) is 2. The summed E-state index contributed by atoms with van der Waals surface area (Å²) in [5.74, 6) is 0.427. The van der Waals surface area contributed by atoms with Crippen LogP contribution in [0, 0.1) is 0 Å². The van der Waals surface area contributed by atoms with Crippen LogP contribution in [0.25, 0.3) is 5.69 Å². The Bertz CT molecular complexity index is 1000. The Morgan fingerprint density at radius 2 is 1.70 bits per heavy atom. The number of nitrogens with one attached hydrogen (secondary N) is 2. The van der Waals surface area contributed by atoms with Crippen molar-refractivity contribution in [3.05, 3.63) is 48.5 Å². The highest BCUT2D eigenvalue weighted by atomic mass is 32.2. The van der Waals surface area contributed by atoms with Gasteiger partial charge in [-0.2, -0.15) is 4.68 Å². The Hall–Kier alpha value is -3.40. The van der Waals surface area contributed by atoms with E-state index in [2.05, 4.69) is 26.2 Å². The van der Waals surface area contributed by atoms with Crippen molar-refractivity contribution in [3.63, 3.8) is 0 Å². The number of ether oxygens (including phenoxy) is 1. The lowest BCUT2D eigenvalue weighted by Gasteiger charge is -2.12. The average Bonchev–Trinajstić information content (AvgIpc) is 3.18. The molecule has 1 heterocycles. The van der Waals surface area contributed by atoms with Gasteiger partial charge in [0.25, 0.3) is 0 Å². The van der Waals surface area contributed by atoms with Gasteiger partial charge in [-0.25, -0.2) is 0 Å². The first kappa shape index (κ1) is 21.3. The van der Waals surface area contributed by atoms with Crippen LogP contribution in [-0.2, 0) is 9.59 Å². The minimum absolute atomic E-state index is 0.151. The number of nitrogens with zero attached hydrogens (tertiary/aromatic N) is 4. The molecule has 3 aromatic rings. The molecule has 0 aliphatic rings. The predicted molar refractivity (Wildman–Crippen MR) is 115 cm³/mol. The maximum absolute atomic E-state index is 12.6. The lowest BCUT2D eigenvalue weighted by molar-refractivity contribution is -0.115. The predicted octanol–water partition coefficient (Wildman–Crippen LogP) is 3.14. The maximum atomic E-state index is 12.6. The molecule has 1 atom stereocenters. The van der Waals surface area contributed by atoms with Gasteiger partial charge in [-0.15, -0.1) is 5.10 Å². The van der Waals surface area contributed by atoms with E-state index in [1.807, 2.05) is 31.2 Å². The summed E-state index contributed by atoms with van der Waals surface area (Å²) in [7, 11) is 0. The number of carbonyl (C=O) groups excluding carboxylic acids is 2. The van der Waals surface area contributed by atoms with Crippen LogP contribution >= 0.6 is 11.8 Å². The number of tetrazole rings is 1. The zero-order valence-corrected chi connectivity index (χ0v) is 17.6. The van der Waals surface area contributed by atoms with Crippen molar-refractivity contribution in [1.29, 1.82) is 0 Å². The van der Waals surface area contributed by atoms with Crippen molar-refractivity contribution < 1.29 is 14.3 Å². The molecule has 3 rings (SSSR count). The largest absolute Gasteiger partial charge is 0.494 e. The molecule has 9 nitrogen and oxygen atoms in total. The lowest BCUT2D eigenvalue weighted by Crippen LogP contribution is -2.23. The number of anilines is 2. The fourth-order valence-corrected chi connectivity index (χ4v) is 3.37. The fraction of sp³-hybridized carbons (Fsp3) is 0.250. The summed E-state index contributed by atoms with van der Waals surface area (Å²) in [5.41, 5.74) is 2.07. The Balaban J connectivity index is 1.63. The second kappa shape index (κ2) is 9.88. The van der Waals surface area contributed by atoms with Gasteiger partial charge in [-0.05, 0) is 72.8 Å². The summed E-state index contributed by atoms with van der Waals surface area (Å²) in [6.07, 6.45) is 0. The van der Waals surface area contributed by atoms with Crippen LogP contribution < -0.4 is 15.4 Å². The van der Waals surface area contributed by atoms with E-state index in [1.54, 1.807) is 35.9 Å². The SMILES string of the molecule is CCOc1ccc(-n2nnnc2SC(C)C(=O)Nc2ccc(NC(C)=O)cc2)cc1. The third kappa shape index (κ3) is 5.57. The number of benzene rings is 2. The highest BCUT2D eigenvalue weighted by molar-refractivity contribution is 8.00. The van der Waals surface area contributed by atoms with Crippen molar-refractivity contribution in [2.75, 3.05) is 17.2 Å². The molecule has 156 valence electrons. The van der Waals surface area contributed by atoms with E-state index in [4.69, 9.17) is 4.74 Å². The molecule has 2 amide bonds. The Morgan fingerprint density at radius 3 is 2.30 bits per heavy atom. The summed E-state index contributed by atoms with van der Waals surface area (Å²) in [5, 5.41) is 17.4. The van der Waals surface area contributed by atoms with E-state index in [0.717, 1.165) is 11.4 Å². The fourth-order valence-electron chi connectivity index (χ4n) is 2.56. The first-order valence-corrected chi connectivity index (χ1v) is 10.2. The number of rotatable bonds is 8. The molecule has 0 aliphatic heterocycles. The smallest absolute Gasteiger partial charge is 0.237 e. The van der Waals surface area contributed by atoms with Crippen LogP contribution in [0.2, 0.25) is 0 Å². The van der Waals surface area contributed by atoms with Crippen molar-refractivity contribution in [2.45, 2.75) is 31.2 Å². The molecule has 30 heavy (non-hydrogen) atoms. The minimum atomic E-state index is -0.438. The normalized spacial score (nSPS) is 11.6. The van der Waals surface area contributed by atoms with Crippen LogP contribution in [0.3, 0.4) is 0 Å². The average molecular weight is 427 g/mol. The van der Waals surface area contributed by atoms with Crippen molar-refractivity contribution in [3.8, 4) is 11.4 Å². The molecule has 0 aliphatic carbocycles. The van der Waals surface area contributed by atoms with Gasteiger partial charge in [-0.1, -0.05) is 11.8 Å². The van der Waals surface area contributed by atoms with Crippen LogP contribution in [-0.4, -0.2) is 43.9 Å². The van der Waals surface area contributed by atoms with E-state index in [-0.39, 0.29) is 11.8 Å². The lowest BCUT2D eigenvalue weighted by atomic mass is 10.2. The number of thioether (sulfide) groups is 1. The Labute approximate surface area is 178 Å². The molecular weight excluding hydrogens is 404 g/mol. The van der Waals surface area contributed by atoms with Gasteiger partial charge in [-0.3, -0.25) is 9.59 Å². The molecule has 10 heteroatoms. The second-order valence-electron chi connectivity index (χ2n) is 6.31. The molecule has 0 radical (unpaired) electrons. The number of aromatic nitrogens is 4. The van der Waals surface area contributed by atoms with E-state index >= 15 is 0 Å². The molecule has 0 saturated carbocycles. The summed E-state index contributed by atoms with van der Waals surface area (Å²) in [4.78, 5) is 23.7. The minimum Gasteiger partial charge on any atom is -0.494 e. The topological polar surface area (TPSA) is 111 Å². The Kier molecular flexibility index (Phi) is 7.02. The molecule has 1 unspecified atom stereocenters. The summed E-state index contributed by atoms with van der Waals surface area (Å²) >= 11 is 1.25. The van der Waals surface area contributed by atoms with Gasteiger partial charge in [0.15, 0.2) is 0 Å². The van der Waals surface area contributed by atoms with E-state index in [0.29, 0.717) is 23.1 Å². The molecule has 0 saturated heterocycles. The highest BCUT2D eigenvalue weighted by Crippen LogP contribution is 2.25. The van der Waals surface area contributed by atoms with Crippen LogP contribution in [0.4, 0.5) is 11.4 Å². The molecule has 0 spiro atoms. The van der Waals surface area contributed by atoms with Crippen molar-refractivity contribution >= 4 is 35.0 Å². The van der Waals surface area contributed by atoms with Gasteiger partial charge >= 0.3 is 0 Å². The summed E-state index contributed by atoms with van der Waals surface area (Å²) in [6.45, 7) is 5.74. The van der Waals surface area contributed by atoms with E-state index in [1.165, 1.54) is 18.7 Å². The zero-order chi connectivity index (χ0) is 21.5. The van der Waals surface area contributed by atoms with Crippen molar-refractivity contribution in [1.82, 2.24) is 20.2 Å². The Morgan fingerprint density at radius 1 is 1.07 bits per heavy atom. The van der Waals surface area contributed by atoms with Crippen LogP contribution in [0.1, 0.15) is 20.8 Å². The number of carbonyl (C=O) groups is 2. The molecule has 1 aromatic heterocycles. The molecule has 2 N–H and O–H groups in total. The van der Waals surface area contributed by atoms with Crippen LogP contribution in [0.15, 0.2) is 53.7 Å². The molecule has 0 fully saturated rings. The zero-order valence-electron chi connectivity index (χ0n) is 16.8. The third-order valence-electron chi connectivity index (χ3n) is 3.96. The maximum Gasteiger partial charge on any atom is 0.237 e.